The van der Waals surface area contributed by atoms with Gasteiger partial charge >= 0.3 is 5.97 Å². The minimum Gasteiger partial charge on any atom is -0.453 e. The third kappa shape index (κ3) is 2.75. The molecule has 0 aliphatic carbocycles. The average Bonchev–Trinajstić information content (AvgIpc) is 3.11. The maximum absolute atomic E-state index is 11.9. The van der Waals surface area contributed by atoms with Gasteiger partial charge in [-0.15, -0.1) is 0 Å². The average molecular weight is 320 g/mol. The smallest absolute Gasteiger partial charge is 0.377 e. The van der Waals surface area contributed by atoms with E-state index >= 15 is 0 Å². The molecule has 0 unspecified atom stereocenters. The van der Waals surface area contributed by atoms with Crippen molar-refractivity contribution in [1.29, 1.82) is 0 Å². The van der Waals surface area contributed by atoms with Crippen LogP contribution in [0.3, 0.4) is 0 Å². The molecule has 22 heavy (non-hydrogen) atoms. The van der Waals surface area contributed by atoms with Gasteiger partial charge in [-0.3, -0.25) is 4.79 Å². The van der Waals surface area contributed by atoms with Crippen molar-refractivity contribution in [2.45, 2.75) is 26.9 Å². The summed E-state index contributed by atoms with van der Waals surface area (Å²) < 4.78 is 11.1. The van der Waals surface area contributed by atoms with Crippen molar-refractivity contribution in [1.82, 2.24) is 19.8 Å². The summed E-state index contributed by atoms with van der Waals surface area (Å²) in [6, 6.07) is 2.77. The minimum atomic E-state index is -0.652. The number of carbonyl (C=O) groups is 1. The molecule has 0 fully saturated rings. The Morgan fingerprint density at radius 2 is 2.27 bits per heavy atom. The SMILES string of the molecule is CCc1nn2c(=O)cc(COC(=O)c3cc(C)no3)nc2s1. The normalized spacial score (nSPS) is 11.0. The predicted molar refractivity (Wildman–Crippen MR) is 76.9 cm³/mol. The Labute approximate surface area is 128 Å². The number of nitrogens with zero attached hydrogens (tertiary/aromatic N) is 4. The van der Waals surface area contributed by atoms with E-state index in [0.29, 0.717) is 16.3 Å². The van der Waals surface area contributed by atoms with Gasteiger partial charge in [0.15, 0.2) is 0 Å². The highest BCUT2D eigenvalue weighted by atomic mass is 32.1. The number of fused-ring (bicyclic) bond motifs is 1. The number of hydrogen-bond donors (Lipinski definition) is 0. The van der Waals surface area contributed by atoms with Crippen LogP contribution >= 0.6 is 11.3 Å². The highest BCUT2D eigenvalue weighted by Gasteiger charge is 2.14. The van der Waals surface area contributed by atoms with E-state index in [1.807, 2.05) is 6.92 Å². The monoisotopic (exact) mass is 320 g/mol. The number of ether oxygens (including phenoxy) is 1. The minimum absolute atomic E-state index is 0.0151. The lowest BCUT2D eigenvalue weighted by Gasteiger charge is -2.01. The number of aryl methyl sites for hydroxylation is 2. The molecule has 0 amide bonds. The summed E-state index contributed by atoms with van der Waals surface area (Å²) in [6.45, 7) is 3.53. The summed E-state index contributed by atoms with van der Waals surface area (Å²) in [7, 11) is 0. The summed E-state index contributed by atoms with van der Waals surface area (Å²) in [4.78, 5) is 28.4. The van der Waals surface area contributed by atoms with Crippen molar-refractivity contribution < 1.29 is 14.1 Å². The Hall–Kier alpha value is -2.55. The van der Waals surface area contributed by atoms with Gasteiger partial charge in [0, 0.05) is 12.1 Å². The van der Waals surface area contributed by atoms with Crippen molar-refractivity contribution in [3.05, 3.63) is 44.6 Å². The first-order valence-corrected chi connectivity index (χ1v) is 7.37. The number of carbonyl (C=O) groups excluding carboxylic acids is 1. The summed E-state index contributed by atoms with van der Waals surface area (Å²) in [5, 5.41) is 8.57. The molecule has 3 rings (SSSR count). The molecule has 3 aromatic heterocycles. The lowest BCUT2D eigenvalue weighted by molar-refractivity contribution is 0.0421. The van der Waals surface area contributed by atoms with Gasteiger partial charge in [-0.1, -0.05) is 23.4 Å². The van der Waals surface area contributed by atoms with Crippen LogP contribution in [0.1, 0.15) is 33.9 Å². The molecule has 8 nitrogen and oxygen atoms in total. The van der Waals surface area contributed by atoms with Crippen LogP contribution in [0, 0.1) is 6.92 Å². The van der Waals surface area contributed by atoms with E-state index in [2.05, 4.69) is 15.2 Å². The van der Waals surface area contributed by atoms with Crippen molar-refractivity contribution in [2.24, 2.45) is 0 Å². The van der Waals surface area contributed by atoms with Crippen LogP contribution in [0.2, 0.25) is 0 Å². The van der Waals surface area contributed by atoms with Crippen LogP contribution < -0.4 is 5.56 Å². The Balaban J connectivity index is 1.79. The highest BCUT2D eigenvalue weighted by Crippen LogP contribution is 2.12. The Bertz CT molecular complexity index is 895. The van der Waals surface area contributed by atoms with Crippen LogP contribution in [0.4, 0.5) is 0 Å². The maximum atomic E-state index is 11.9. The van der Waals surface area contributed by atoms with Gasteiger partial charge in [-0.2, -0.15) is 9.61 Å². The molecular formula is C13H12N4O4S. The van der Waals surface area contributed by atoms with Crippen LogP contribution in [-0.4, -0.2) is 25.7 Å². The van der Waals surface area contributed by atoms with Crippen LogP contribution in [0.15, 0.2) is 21.5 Å². The van der Waals surface area contributed by atoms with E-state index in [0.717, 1.165) is 11.4 Å². The van der Waals surface area contributed by atoms with Crippen molar-refractivity contribution in [2.75, 3.05) is 0 Å². The molecule has 0 N–H and O–H groups in total. The van der Waals surface area contributed by atoms with E-state index in [-0.39, 0.29) is 17.9 Å². The largest absolute Gasteiger partial charge is 0.453 e. The molecule has 3 aromatic rings. The zero-order valence-electron chi connectivity index (χ0n) is 11.9. The van der Waals surface area contributed by atoms with Gasteiger partial charge in [-0.05, 0) is 13.3 Å². The number of aromatic nitrogens is 4. The molecule has 0 saturated carbocycles. The summed E-state index contributed by atoms with van der Waals surface area (Å²) in [5.41, 5.74) is 0.643. The van der Waals surface area contributed by atoms with Gasteiger partial charge in [0.25, 0.3) is 5.56 Å². The van der Waals surface area contributed by atoms with E-state index in [1.54, 1.807) is 6.92 Å². The molecule has 0 bridgehead atoms. The molecule has 0 aliphatic rings. The van der Waals surface area contributed by atoms with Gasteiger partial charge in [-0.25, -0.2) is 9.78 Å². The van der Waals surface area contributed by atoms with Crippen LogP contribution in [0.5, 0.6) is 0 Å². The zero-order valence-corrected chi connectivity index (χ0v) is 12.7. The third-order valence-corrected chi connectivity index (χ3v) is 3.88. The van der Waals surface area contributed by atoms with E-state index in [1.165, 1.54) is 28.0 Å². The summed E-state index contributed by atoms with van der Waals surface area (Å²) in [6.07, 6.45) is 0.725. The molecule has 114 valence electrons. The van der Waals surface area contributed by atoms with Crippen molar-refractivity contribution >= 4 is 22.3 Å². The second-order valence-electron chi connectivity index (χ2n) is 4.54. The zero-order chi connectivity index (χ0) is 15.7. The lowest BCUT2D eigenvalue weighted by Crippen LogP contribution is -2.16. The second kappa shape index (κ2) is 5.68. The molecule has 0 saturated heterocycles. The van der Waals surface area contributed by atoms with Gasteiger partial charge in [0.1, 0.15) is 11.6 Å². The van der Waals surface area contributed by atoms with Gasteiger partial charge in [0.2, 0.25) is 10.7 Å². The Morgan fingerprint density at radius 3 is 2.95 bits per heavy atom. The second-order valence-corrected chi connectivity index (χ2v) is 5.58. The third-order valence-electron chi connectivity index (χ3n) is 2.82. The molecular weight excluding hydrogens is 308 g/mol. The Kier molecular flexibility index (Phi) is 3.72. The molecule has 0 atom stereocenters. The standard InChI is InChI=1S/C13H12N4O4S/c1-3-10-15-17-11(18)5-8(14-13(17)22-10)6-20-12(19)9-4-7(2)16-21-9/h4-5H,3,6H2,1-2H3. The maximum Gasteiger partial charge on any atom is 0.377 e. The molecule has 9 heteroatoms. The van der Waals surface area contributed by atoms with Crippen LogP contribution in [-0.2, 0) is 17.8 Å². The fourth-order valence-electron chi connectivity index (χ4n) is 1.78. The highest BCUT2D eigenvalue weighted by molar-refractivity contribution is 7.16. The molecule has 0 radical (unpaired) electrons. The quantitative estimate of drug-likeness (QED) is 0.669. The summed E-state index contributed by atoms with van der Waals surface area (Å²) >= 11 is 1.33. The molecule has 0 aromatic carbocycles. The van der Waals surface area contributed by atoms with Crippen LogP contribution in [0.25, 0.3) is 4.96 Å². The summed E-state index contributed by atoms with van der Waals surface area (Å²) in [5.74, 6) is -0.637. The van der Waals surface area contributed by atoms with Gasteiger partial charge < -0.3 is 9.26 Å². The fourth-order valence-corrected chi connectivity index (χ4v) is 2.64. The molecule has 0 aliphatic heterocycles. The Morgan fingerprint density at radius 1 is 1.45 bits per heavy atom. The van der Waals surface area contributed by atoms with E-state index in [9.17, 15) is 9.59 Å². The molecule has 0 spiro atoms. The first kappa shape index (κ1) is 14.4. The lowest BCUT2D eigenvalue weighted by atomic mass is 10.4. The van der Waals surface area contributed by atoms with E-state index < -0.39 is 5.97 Å². The first-order chi connectivity index (χ1) is 10.6. The van der Waals surface area contributed by atoms with Crippen molar-refractivity contribution in [3.8, 4) is 0 Å². The number of hydrogen-bond acceptors (Lipinski definition) is 8. The van der Waals surface area contributed by atoms with E-state index in [4.69, 9.17) is 9.26 Å². The number of esters is 1. The topological polar surface area (TPSA) is 99.6 Å². The van der Waals surface area contributed by atoms with Crippen molar-refractivity contribution in [3.63, 3.8) is 0 Å². The predicted octanol–water partition coefficient (Wildman–Crippen LogP) is 1.37. The first-order valence-electron chi connectivity index (χ1n) is 6.56. The fraction of sp³-hybridized carbons (Fsp3) is 0.308. The molecule has 3 heterocycles. The van der Waals surface area contributed by atoms with Gasteiger partial charge in [0.05, 0.1) is 11.4 Å². The number of rotatable bonds is 4.